The van der Waals surface area contributed by atoms with Gasteiger partial charge in [0.2, 0.25) is 5.91 Å². The maximum absolute atomic E-state index is 12.9. The number of rotatable bonds is 9. The highest BCUT2D eigenvalue weighted by Crippen LogP contribution is 2.38. The van der Waals surface area contributed by atoms with E-state index in [1.807, 2.05) is 49.3 Å². The summed E-state index contributed by atoms with van der Waals surface area (Å²) in [5.41, 5.74) is 2.91. The zero-order valence-electron chi connectivity index (χ0n) is 19.8. The van der Waals surface area contributed by atoms with E-state index in [4.69, 9.17) is 4.74 Å². The molecular formula is C27H32N4O3. The lowest BCUT2D eigenvalue weighted by molar-refractivity contribution is -0.132. The SMILES string of the molecule is CN(C)C/C=C/C(=O)N(CC1CC1)[C@H]1C[C@H](Oc2cc(-c3ccc(O)cc3)cc3[nH]ncc23)C1. The lowest BCUT2D eigenvalue weighted by Crippen LogP contribution is -2.52. The van der Waals surface area contributed by atoms with Gasteiger partial charge in [-0.3, -0.25) is 9.89 Å². The van der Waals surface area contributed by atoms with Crippen LogP contribution in [0, 0.1) is 5.92 Å². The van der Waals surface area contributed by atoms with Gasteiger partial charge in [-0.25, -0.2) is 0 Å². The predicted octanol–water partition coefficient (Wildman–Crippen LogP) is 4.20. The highest BCUT2D eigenvalue weighted by atomic mass is 16.5. The van der Waals surface area contributed by atoms with Crippen LogP contribution in [0.25, 0.3) is 22.0 Å². The molecule has 1 amide bonds. The molecule has 0 spiro atoms. The second-order valence-electron chi connectivity index (χ2n) is 9.82. The van der Waals surface area contributed by atoms with Crippen molar-refractivity contribution in [3.8, 4) is 22.6 Å². The van der Waals surface area contributed by atoms with Gasteiger partial charge in [0.1, 0.15) is 17.6 Å². The molecule has 34 heavy (non-hydrogen) atoms. The zero-order valence-corrected chi connectivity index (χ0v) is 19.8. The fraction of sp³-hybridized carbons (Fsp3) is 0.407. The third-order valence-electron chi connectivity index (χ3n) is 6.69. The Labute approximate surface area is 200 Å². The van der Waals surface area contributed by atoms with Crippen LogP contribution < -0.4 is 4.74 Å². The molecule has 2 fully saturated rings. The van der Waals surface area contributed by atoms with Crippen LogP contribution in [0.15, 0.2) is 54.7 Å². The van der Waals surface area contributed by atoms with E-state index in [2.05, 4.69) is 15.1 Å². The molecule has 1 heterocycles. The first-order chi connectivity index (χ1) is 16.5. The molecule has 0 unspecified atom stereocenters. The largest absolute Gasteiger partial charge is 0.508 e. The maximum atomic E-state index is 12.9. The molecule has 2 N–H and O–H groups in total. The lowest BCUT2D eigenvalue weighted by atomic mass is 9.87. The van der Waals surface area contributed by atoms with Gasteiger partial charge >= 0.3 is 0 Å². The van der Waals surface area contributed by atoms with Crippen LogP contribution in [0.3, 0.4) is 0 Å². The number of amides is 1. The third kappa shape index (κ3) is 5.09. The monoisotopic (exact) mass is 460 g/mol. The van der Waals surface area contributed by atoms with Crippen molar-refractivity contribution in [2.45, 2.75) is 37.8 Å². The van der Waals surface area contributed by atoms with Gasteiger partial charge in [0.15, 0.2) is 0 Å². The molecule has 178 valence electrons. The minimum absolute atomic E-state index is 0.0680. The van der Waals surface area contributed by atoms with Crippen molar-refractivity contribution in [3.63, 3.8) is 0 Å². The molecule has 0 bridgehead atoms. The van der Waals surface area contributed by atoms with Crippen LogP contribution in [0.2, 0.25) is 0 Å². The van der Waals surface area contributed by atoms with Crippen LogP contribution in [0.1, 0.15) is 25.7 Å². The molecule has 0 radical (unpaired) electrons. The Morgan fingerprint density at radius 1 is 1.18 bits per heavy atom. The number of hydrogen-bond acceptors (Lipinski definition) is 5. The maximum Gasteiger partial charge on any atom is 0.246 e. The molecular weight excluding hydrogens is 428 g/mol. The summed E-state index contributed by atoms with van der Waals surface area (Å²) < 4.78 is 6.43. The summed E-state index contributed by atoms with van der Waals surface area (Å²) in [4.78, 5) is 17.0. The van der Waals surface area contributed by atoms with Crippen LogP contribution in [-0.4, -0.2) is 70.3 Å². The Balaban J connectivity index is 1.28. The number of nitrogens with one attached hydrogen (secondary N) is 1. The van der Waals surface area contributed by atoms with Crippen molar-refractivity contribution < 1.29 is 14.6 Å². The standard InChI is InChI=1S/C27H32N4O3/c1-30(2)11-3-4-27(33)31(17-18-5-6-18)21-14-23(15-21)34-26-13-20(12-25-24(26)16-28-29-25)19-7-9-22(32)10-8-19/h3-4,7-10,12-13,16,18,21,23,32H,5-6,11,14-15,17H2,1-2H3,(H,28,29)/b4-3+/t21-,23-. The van der Waals surface area contributed by atoms with Crippen molar-refractivity contribution in [1.82, 2.24) is 20.0 Å². The molecule has 2 aromatic carbocycles. The lowest BCUT2D eigenvalue weighted by Gasteiger charge is -2.42. The summed E-state index contributed by atoms with van der Waals surface area (Å²) in [7, 11) is 4.00. The van der Waals surface area contributed by atoms with Crippen molar-refractivity contribution >= 4 is 16.8 Å². The van der Waals surface area contributed by atoms with Crippen LogP contribution >= 0.6 is 0 Å². The van der Waals surface area contributed by atoms with Crippen molar-refractivity contribution in [1.29, 1.82) is 0 Å². The fourth-order valence-electron chi connectivity index (χ4n) is 4.46. The number of benzene rings is 2. The number of phenols is 1. The molecule has 2 aliphatic carbocycles. The molecule has 3 aromatic rings. The van der Waals surface area contributed by atoms with Gasteiger partial charge in [0.25, 0.3) is 0 Å². The van der Waals surface area contributed by atoms with E-state index < -0.39 is 0 Å². The number of nitrogens with zero attached hydrogens (tertiary/aromatic N) is 3. The number of phenolic OH excluding ortho intramolecular Hbond substituents is 1. The van der Waals surface area contributed by atoms with Crippen LogP contribution in [0.4, 0.5) is 0 Å². The highest BCUT2D eigenvalue weighted by Gasteiger charge is 2.39. The topological polar surface area (TPSA) is 81.7 Å². The number of carbonyl (C=O) groups excluding carboxylic acids is 1. The van der Waals surface area contributed by atoms with Gasteiger partial charge in [-0.2, -0.15) is 5.10 Å². The summed E-state index contributed by atoms with van der Waals surface area (Å²) in [5.74, 6) is 1.80. The number of ether oxygens (including phenoxy) is 1. The first-order valence-corrected chi connectivity index (χ1v) is 12.0. The van der Waals surface area contributed by atoms with Gasteiger partial charge in [-0.05, 0) is 68.2 Å². The number of aromatic nitrogens is 2. The van der Waals surface area contributed by atoms with E-state index in [0.717, 1.165) is 53.7 Å². The Morgan fingerprint density at radius 3 is 2.65 bits per heavy atom. The summed E-state index contributed by atoms with van der Waals surface area (Å²) in [5, 5.41) is 17.8. The summed E-state index contributed by atoms with van der Waals surface area (Å²) in [6.45, 7) is 1.61. The first kappa shape index (κ1) is 22.5. The van der Waals surface area contributed by atoms with E-state index in [-0.39, 0.29) is 23.8 Å². The molecule has 7 nitrogen and oxygen atoms in total. The minimum Gasteiger partial charge on any atom is -0.508 e. The molecule has 2 saturated carbocycles. The smallest absolute Gasteiger partial charge is 0.246 e. The minimum atomic E-state index is 0.0680. The quantitative estimate of drug-likeness (QED) is 0.468. The van der Waals surface area contributed by atoms with E-state index in [0.29, 0.717) is 5.92 Å². The van der Waals surface area contributed by atoms with Crippen LogP contribution in [-0.2, 0) is 4.79 Å². The number of fused-ring (bicyclic) bond motifs is 1. The molecule has 0 atom stereocenters. The number of carbonyl (C=O) groups is 1. The van der Waals surface area contributed by atoms with E-state index in [9.17, 15) is 9.90 Å². The molecule has 5 rings (SSSR count). The van der Waals surface area contributed by atoms with Gasteiger partial charge in [-0.15, -0.1) is 0 Å². The third-order valence-corrected chi connectivity index (χ3v) is 6.69. The van der Waals surface area contributed by atoms with Crippen LogP contribution in [0.5, 0.6) is 11.5 Å². The normalized spacial score (nSPS) is 20.1. The number of likely N-dealkylation sites (N-methyl/N-ethyl adjacent to an activating group) is 1. The van der Waals surface area contributed by atoms with E-state index in [1.54, 1.807) is 24.4 Å². The first-order valence-electron chi connectivity index (χ1n) is 12.0. The Hall–Kier alpha value is -3.32. The summed E-state index contributed by atoms with van der Waals surface area (Å²) >= 11 is 0. The highest BCUT2D eigenvalue weighted by molar-refractivity contribution is 5.90. The van der Waals surface area contributed by atoms with Crippen molar-refractivity contribution in [2.24, 2.45) is 5.92 Å². The van der Waals surface area contributed by atoms with Gasteiger partial charge in [-0.1, -0.05) is 18.2 Å². The summed E-state index contributed by atoms with van der Waals surface area (Å²) in [6.07, 6.45) is 9.65. The fourth-order valence-corrected chi connectivity index (χ4v) is 4.46. The van der Waals surface area contributed by atoms with E-state index in [1.165, 1.54) is 12.8 Å². The van der Waals surface area contributed by atoms with Gasteiger partial charge < -0.3 is 19.6 Å². The average molecular weight is 461 g/mol. The predicted molar refractivity (Wildman–Crippen MR) is 133 cm³/mol. The van der Waals surface area contributed by atoms with Crippen molar-refractivity contribution in [3.05, 3.63) is 54.7 Å². The zero-order chi connectivity index (χ0) is 23.7. The molecule has 0 saturated heterocycles. The number of aromatic amines is 1. The molecule has 1 aromatic heterocycles. The van der Waals surface area contributed by atoms with E-state index >= 15 is 0 Å². The van der Waals surface area contributed by atoms with Gasteiger partial charge in [0, 0.05) is 38.0 Å². The number of aromatic hydroxyl groups is 1. The molecule has 0 aliphatic heterocycles. The Kier molecular flexibility index (Phi) is 6.28. The second-order valence-corrected chi connectivity index (χ2v) is 9.82. The second kappa shape index (κ2) is 9.50. The summed E-state index contributed by atoms with van der Waals surface area (Å²) in [6, 6.07) is 11.4. The average Bonchev–Trinajstić information content (AvgIpc) is 3.48. The van der Waals surface area contributed by atoms with Gasteiger partial charge in [0.05, 0.1) is 17.1 Å². The molecule has 2 aliphatic rings. The Bertz CT molecular complexity index is 1170. The number of H-pyrrole nitrogens is 1. The Morgan fingerprint density at radius 2 is 1.94 bits per heavy atom. The van der Waals surface area contributed by atoms with Crippen molar-refractivity contribution in [2.75, 3.05) is 27.2 Å². The number of hydrogen-bond donors (Lipinski definition) is 2. The molecule has 7 heteroatoms.